The zero-order valence-corrected chi connectivity index (χ0v) is 11.3. The molecule has 1 N–H and O–H groups in total. The minimum atomic E-state index is 0.0470. The first-order valence-electron chi connectivity index (χ1n) is 6.21. The van der Waals surface area contributed by atoms with Crippen LogP contribution in [0.15, 0.2) is 17.5 Å². The molecular weight excluding hydrogens is 232 g/mol. The summed E-state index contributed by atoms with van der Waals surface area (Å²) in [5, 5.41) is 5.35. The fraction of sp³-hybridized carbons (Fsp3) is 0.615. The van der Waals surface area contributed by atoms with Crippen LogP contribution in [0.3, 0.4) is 0 Å². The van der Waals surface area contributed by atoms with Gasteiger partial charge in [0.05, 0.1) is 6.04 Å². The highest BCUT2D eigenvalue weighted by molar-refractivity contribution is 7.09. The SMILES string of the molecule is CC(Cc1cccs1)N(C)C(=O)[C@H]1CCCN1. The van der Waals surface area contributed by atoms with Gasteiger partial charge in [0.1, 0.15) is 0 Å². The van der Waals surface area contributed by atoms with E-state index in [1.165, 1.54) is 4.88 Å². The van der Waals surface area contributed by atoms with Crippen molar-refractivity contribution < 1.29 is 4.79 Å². The Bertz CT molecular complexity index is 358. The second-order valence-electron chi connectivity index (χ2n) is 4.73. The van der Waals surface area contributed by atoms with Crippen LogP contribution in [0.1, 0.15) is 24.6 Å². The third-order valence-electron chi connectivity index (χ3n) is 3.44. The predicted octanol–water partition coefficient (Wildman–Crippen LogP) is 1.89. The van der Waals surface area contributed by atoms with Crippen LogP contribution in [0, 0.1) is 0 Å². The fourth-order valence-corrected chi connectivity index (χ4v) is 3.04. The van der Waals surface area contributed by atoms with E-state index < -0.39 is 0 Å². The number of nitrogens with one attached hydrogen (secondary N) is 1. The zero-order valence-electron chi connectivity index (χ0n) is 10.5. The number of amides is 1. The van der Waals surface area contributed by atoms with Crippen LogP contribution in [0.5, 0.6) is 0 Å². The molecule has 0 aromatic carbocycles. The molecule has 2 atom stereocenters. The molecule has 1 fully saturated rings. The Hall–Kier alpha value is -0.870. The minimum absolute atomic E-state index is 0.0470. The molecule has 0 aliphatic carbocycles. The van der Waals surface area contributed by atoms with Crippen LogP contribution in [-0.4, -0.2) is 36.5 Å². The predicted molar refractivity (Wildman–Crippen MR) is 71.3 cm³/mol. The van der Waals surface area contributed by atoms with Gasteiger partial charge in [0, 0.05) is 24.4 Å². The summed E-state index contributed by atoms with van der Waals surface area (Å²) in [4.78, 5) is 15.4. The maximum absolute atomic E-state index is 12.2. The van der Waals surface area contributed by atoms with E-state index in [0.717, 1.165) is 25.8 Å². The normalized spacial score (nSPS) is 21.4. The maximum atomic E-state index is 12.2. The lowest BCUT2D eigenvalue weighted by molar-refractivity contribution is -0.133. The molecule has 1 aromatic rings. The summed E-state index contributed by atoms with van der Waals surface area (Å²) in [6.45, 7) is 3.09. The van der Waals surface area contributed by atoms with E-state index in [1.807, 2.05) is 11.9 Å². The minimum Gasteiger partial charge on any atom is -0.341 e. The summed E-state index contributed by atoms with van der Waals surface area (Å²) < 4.78 is 0. The van der Waals surface area contributed by atoms with E-state index in [0.29, 0.717) is 0 Å². The molecule has 1 aliphatic heterocycles. The molecule has 0 bridgehead atoms. The molecule has 4 heteroatoms. The summed E-state index contributed by atoms with van der Waals surface area (Å²) in [6.07, 6.45) is 3.05. The lowest BCUT2D eigenvalue weighted by Gasteiger charge is -2.27. The van der Waals surface area contributed by atoms with Crippen molar-refractivity contribution in [3.8, 4) is 0 Å². The van der Waals surface area contributed by atoms with Gasteiger partial charge in [0.2, 0.25) is 5.91 Å². The number of rotatable bonds is 4. The van der Waals surface area contributed by atoms with E-state index in [1.54, 1.807) is 11.3 Å². The first-order chi connectivity index (χ1) is 8.18. The lowest BCUT2D eigenvalue weighted by Crippen LogP contribution is -2.46. The molecule has 0 radical (unpaired) electrons. The quantitative estimate of drug-likeness (QED) is 0.887. The van der Waals surface area contributed by atoms with Crippen LogP contribution in [0.4, 0.5) is 0 Å². The van der Waals surface area contributed by atoms with Gasteiger partial charge in [-0.15, -0.1) is 11.3 Å². The standard InChI is InChI=1S/C13H20N2OS/c1-10(9-11-5-4-8-17-11)15(2)13(16)12-6-3-7-14-12/h4-5,8,10,12,14H,3,6-7,9H2,1-2H3/t10?,12-/m1/s1. The van der Waals surface area contributed by atoms with Crippen molar-refractivity contribution in [2.24, 2.45) is 0 Å². The van der Waals surface area contributed by atoms with Gasteiger partial charge in [-0.1, -0.05) is 6.07 Å². The molecular formula is C13H20N2OS. The molecule has 1 unspecified atom stereocenters. The van der Waals surface area contributed by atoms with Crippen molar-refractivity contribution in [2.45, 2.75) is 38.3 Å². The van der Waals surface area contributed by atoms with Crippen molar-refractivity contribution in [1.82, 2.24) is 10.2 Å². The van der Waals surface area contributed by atoms with Crippen LogP contribution in [-0.2, 0) is 11.2 Å². The first kappa shape index (κ1) is 12.6. The molecule has 1 aromatic heterocycles. The van der Waals surface area contributed by atoms with E-state index >= 15 is 0 Å². The second kappa shape index (κ2) is 5.65. The van der Waals surface area contributed by atoms with E-state index in [9.17, 15) is 4.79 Å². The van der Waals surface area contributed by atoms with Crippen LogP contribution in [0.25, 0.3) is 0 Å². The summed E-state index contributed by atoms with van der Waals surface area (Å²) in [6, 6.07) is 4.51. The number of thiophene rings is 1. The van der Waals surface area contributed by atoms with Gasteiger partial charge >= 0.3 is 0 Å². The number of likely N-dealkylation sites (N-methyl/N-ethyl adjacent to an activating group) is 1. The Labute approximate surface area is 107 Å². The smallest absolute Gasteiger partial charge is 0.239 e. The number of hydrogen-bond donors (Lipinski definition) is 1. The van der Waals surface area contributed by atoms with Gasteiger partial charge in [0.25, 0.3) is 0 Å². The first-order valence-corrected chi connectivity index (χ1v) is 7.09. The number of carbonyl (C=O) groups excluding carboxylic acids is 1. The fourth-order valence-electron chi connectivity index (χ4n) is 2.22. The summed E-state index contributed by atoms with van der Waals surface area (Å²) in [5.74, 6) is 0.242. The van der Waals surface area contributed by atoms with Crippen LogP contribution >= 0.6 is 11.3 Å². The van der Waals surface area contributed by atoms with Crippen molar-refractivity contribution in [1.29, 1.82) is 0 Å². The van der Waals surface area contributed by atoms with Crippen LogP contribution < -0.4 is 5.32 Å². The second-order valence-corrected chi connectivity index (χ2v) is 5.76. The van der Waals surface area contributed by atoms with Crippen molar-refractivity contribution in [3.63, 3.8) is 0 Å². The highest BCUT2D eigenvalue weighted by Crippen LogP contribution is 2.15. The molecule has 0 saturated carbocycles. The maximum Gasteiger partial charge on any atom is 0.239 e. The van der Waals surface area contributed by atoms with Gasteiger partial charge in [0.15, 0.2) is 0 Å². The highest BCUT2D eigenvalue weighted by atomic mass is 32.1. The average Bonchev–Trinajstić information content (AvgIpc) is 2.99. The van der Waals surface area contributed by atoms with Crippen LogP contribution in [0.2, 0.25) is 0 Å². The van der Waals surface area contributed by atoms with Gasteiger partial charge in [-0.3, -0.25) is 4.79 Å². The summed E-state index contributed by atoms with van der Waals surface area (Å²) >= 11 is 1.76. The number of carbonyl (C=O) groups is 1. The molecule has 2 rings (SSSR count). The summed E-state index contributed by atoms with van der Waals surface area (Å²) in [7, 11) is 1.92. The molecule has 17 heavy (non-hydrogen) atoms. The average molecular weight is 252 g/mol. The Morgan fingerprint density at radius 1 is 1.71 bits per heavy atom. The third kappa shape index (κ3) is 3.07. The monoisotopic (exact) mass is 252 g/mol. The summed E-state index contributed by atoms with van der Waals surface area (Å²) in [5.41, 5.74) is 0. The molecule has 1 saturated heterocycles. The Morgan fingerprint density at radius 3 is 3.12 bits per heavy atom. The topological polar surface area (TPSA) is 32.3 Å². The lowest BCUT2D eigenvalue weighted by atomic mass is 10.1. The molecule has 94 valence electrons. The zero-order chi connectivity index (χ0) is 12.3. The van der Waals surface area contributed by atoms with Crippen molar-refractivity contribution in [2.75, 3.05) is 13.6 Å². The van der Waals surface area contributed by atoms with Crippen molar-refractivity contribution in [3.05, 3.63) is 22.4 Å². The Morgan fingerprint density at radius 2 is 2.53 bits per heavy atom. The van der Waals surface area contributed by atoms with Gasteiger partial charge in [-0.05, 0) is 37.8 Å². The molecule has 1 amide bonds. The molecule has 0 spiro atoms. The van der Waals surface area contributed by atoms with E-state index in [-0.39, 0.29) is 18.0 Å². The van der Waals surface area contributed by atoms with Crippen molar-refractivity contribution >= 4 is 17.2 Å². The van der Waals surface area contributed by atoms with Gasteiger partial charge in [-0.25, -0.2) is 0 Å². The third-order valence-corrected chi connectivity index (χ3v) is 4.34. The molecule has 1 aliphatic rings. The Balaban J connectivity index is 1.89. The van der Waals surface area contributed by atoms with E-state index in [2.05, 4.69) is 29.8 Å². The van der Waals surface area contributed by atoms with Gasteiger partial charge < -0.3 is 10.2 Å². The Kier molecular flexibility index (Phi) is 4.18. The molecule has 3 nitrogen and oxygen atoms in total. The number of hydrogen-bond acceptors (Lipinski definition) is 3. The highest BCUT2D eigenvalue weighted by Gasteiger charge is 2.27. The molecule has 2 heterocycles. The number of nitrogens with zero attached hydrogens (tertiary/aromatic N) is 1. The largest absolute Gasteiger partial charge is 0.341 e. The van der Waals surface area contributed by atoms with E-state index in [4.69, 9.17) is 0 Å². The van der Waals surface area contributed by atoms with Gasteiger partial charge in [-0.2, -0.15) is 0 Å².